The summed E-state index contributed by atoms with van der Waals surface area (Å²) in [4.78, 5) is 22.9. The molecule has 1 fully saturated rings. The number of hydrogen-bond acceptors (Lipinski definition) is 6. The summed E-state index contributed by atoms with van der Waals surface area (Å²) in [6.07, 6.45) is 4.10. The zero-order valence-corrected chi connectivity index (χ0v) is 14.9. The van der Waals surface area contributed by atoms with E-state index in [0.717, 1.165) is 11.3 Å². The Bertz CT molecular complexity index is 899. The number of rotatable bonds is 4. The Kier molecular flexibility index (Phi) is 4.80. The Hall–Kier alpha value is -3.26. The lowest BCUT2D eigenvalue weighted by molar-refractivity contribution is 0.243. The number of pyridine rings is 1. The summed E-state index contributed by atoms with van der Waals surface area (Å²) >= 11 is 0. The van der Waals surface area contributed by atoms with Gasteiger partial charge in [-0.2, -0.15) is 4.98 Å². The largest absolute Gasteiger partial charge is 0.337 e. The van der Waals surface area contributed by atoms with Gasteiger partial charge in [-0.15, -0.1) is 0 Å². The molecule has 1 aliphatic rings. The number of nitrogens with zero attached hydrogens (tertiary/aromatic N) is 4. The third-order valence-corrected chi connectivity index (χ3v) is 4.56. The lowest BCUT2D eigenvalue weighted by Crippen LogP contribution is -2.39. The summed E-state index contributed by atoms with van der Waals surface area (Å²) in [6, 6.07) is 12.8. The first kappa shape index (κ1) is 17.2. The molecule has 0 radical (unpaired) electrons. The van der Waals surface area contributed by atoms with Gasteiger partial charge in [-0.1, -0.05) is 23.4 Å². The molecule has 1 saturated heterocycles. The van der Waals surface area contributed by atoms with Crippen molar-refractivity contribution >= 4 is 11.7 Å². The monoisotopic (exact) mass is 364 g/mol. The van der Waals surface area contributed by atoms with E-state index < -0.39 is 0 Å². The molecule has 2 atom stereocenters. The van der Waals surface area contributed by atoms with Crippen LogP contribution in [0.1, 0.15) is 18.4 Å². The van der Waals surface area contributed by atoms with Crippen LogP contribution >= 0.6 is 0 Å². The Morgan fingerprint density at radius 2 is 2.07 bits per heavy atom. The summed E-state index contributed by atoms with van der Waals surface area (Å²) in [7, 11) is 1.98. The lowest BCUT2D eigenvalue weighted by Gasteiger charge is -2.14. The number of anilines is 1. The molecule has 3 aromatic rings. The van der Waals surface area contributed by atoms with Crippen molar-refractivity contribution in [2.24, 2.45) is 0 Å². The van der Waals surface area contributed by atoms with Gasteiger partial charge < -0.3 is 15.2 Å². The van der Waals surface area contributed by atoms with Gasteiger partial charge in [0.15, 0.2) is 0 Å². The Morgan fingerprint density at radius 3 is 2.85 bits per heavy atom. The van der Waals surface area contributed by atoms with Crippen LogP contribution in [0, 0.1) is 0 Å². The number of benzene rings is 1. The Morgan fingerprint density at radius 1 is 1.22 bits per heavy atom. The fraction of sp³-hybridized carbons (Fsp3) is 0.263. The third-order valence-electron chi connectivity index (χ3n) is 4.56. The second-order valence-electron chi connectivity index (χ2n) is 6.55. The van der Waals surface area contributed by atoms with E-state index in [2.05, 4.69) is 30.7 Å². The molecule has 0 unspecified atom stereocenters. The van der Waals surface area contributed by atoms with Crippen LogP contribution in [-0.2, 0) is 0 Å². The fourth-order valence-electron chi connectivity index (χ4n) is 3.25. The minimum atomic E-state index is -0.221. The molecule has 2 N–H and O–H groups in total. The smallest absolute Gasteiger partial charge is 0.319 e. The summed E-state index contributed by atoms with van der Waals surface area (Å²) in [5, 5.41) is 9.90. The molecule has 27 heavy (non-hydrogen) atoms. The molecule has 3 heterocycles. The molecule has 2 amide bonds. The minimum Gasteiger partial charge on any atom is -0.337 e. The highest BCUT2D eigenvalue weighted by molar-refractivity contribution is 5.89. The summed E-state index contributed by atoms with van der Waals surface area (Å²) in [5.41, 5.74) is 1.57. The molecule has 0 bridgehead atoms. The van der Waals surface area contributed by atoms with Gasteiger partial charge in [0.1, 0.15) is 0 Å². The second kappa shape index (κ2) is 7.55. The van der Waals surface area contributed by atoms with E-state index in [0.29, 0.717) is 24.7 Å². The number of carbonyl (C=O) groups is 1. The van der Waals surface area contributed by atoms with Crippen molar-refractivity contribution in [1.82, 2.24) is 25.3 Å². The van der Waals surface area contributed by atoms with Crippen LogP contribution in [0.15, 0.2) is 59.4 Å². The van der Waals surface area contributed by atoms with Crippen LogP contribution in [0.2, 0.25) is 0 Å². The van der Waals surface area contributed by atoms with Crippen LogP contribution in [-0.4, -0.2) is 45.7 Å². The van der Waals surface area contributed by atoms with Crippen molar-refractivity contribution in [1.29, 1.82) is 0 Å². The summed E-state index contributed by atoms with van der Waals surface area (Å²) in [6.45, 7) is 0.706. The number of likely N-dealkylation sites (tertiary alicyclic amines) is 1. The molecule has 0 aliphatic carbocycles. The van der Waals surface area contributed by atoms with E-state index in [9.17, 15) is 4.79 Å². The van der Waals surface area contributed by atoms with Gasteiger partial charge in [0, 0.05) is 36.2 Å². The van der Waals surface area contributed by atoms with Crippen molar-refractivity contribution in [2.75, 3.05) is 18.9 Å². The van der Waals surface area contributed by atoms with Gasteiger partial charge in [0.05, 0.1) is 6.04 Å². The van der Waals surface area contributed by atoms with Gasteiger partial charge in [0.2, 0.25) is 11.7 Å². The zero-order chi connectivity index (χ0) is 18.6. The van der Waals surface area contributed by atoms with E-state index in [4.69, 9.17) is 4.52 Å². The maximum Gasteiger partial charge on any atom is 0.319 e. The number of amides is 2. The van der Waals surface area contributed by atoms with Crippen molar-refractivity contribution in [3.8, 4) is 11.4 Å². The molecule has 1 aromatic carbocycles. The van der Waals surface area contributed by atoms with Gasteiger partial charge in [-0.25, -0.2) is 4.79 Å². The zero-order valence-electron chi connectivity index (χ0n) is 14.9. The predicted molar refractivity (Wildman–Crippen MR) is 99.9 cm³/mol. The van der Waals surface area contributed by atoms with Crippen molar-refractivity contribution in [3.63, 3.8) is 0 Å². The van der Waals surface area contributed by atoms with Gasteiger partial charge in [-0.3, -0.25) is 9.88 Å². The number of likely N-dealkylation sites (N-methyl/N-ethyl adjacent to an activating group) is 1. The van der Waals surface area contributed by atoms with Gasteiger partial charge in [0.25, 0.3) is 0 Å². The molecule has 8 nitrogen and oxygen atoms in total. The predicted octanol–water partition coefficient (Wildman–Crippen LogP) is 2.70. The van der Waals surface area contributed by atoms with Gasteiger partial charge >= 0.3 is 6.03 Å². The molecule has 8 heteroatoms. The molecule has 0 saturated carbocycles. The fourth-order valence-corrected chi connectivity index (χ4v) is 3.25. The Balaban J connectivity index is 1.38. The molecule has 4 rings (SSSR count). The number of aromatic nitrogens is 3. The summed E-state index contributed by atoms with van der Waals surface area (Å²) in [5.74, 6) is 1.06. The second-order valence-corrected chi connectivity index (χ2v) is 6.55. The van der Waals surface area contributed by atoms with Gasteiger partial charge in [-0.05, 0) is 37.7 Å². The van der Waals surface area contributed by atoms with Crippen LogP contribution in [0.4, 0.5) is 10.5 Å². The number of para-hydroxylation sites is 1. The Labute approximate surface area is 156 Å². The third kappa shape index (κ3) is 3.95. The molecule has 138 valence electrons. The molecular weight excluding hydrogens is 344 g/mol. The average molecular weight is 364 g/mol. The SMILES string of the molecule is CN1C[C@@H](NC(=O)Nc2ccccc2)C[C@H]1c1nc(-c2cccnc2)no1. The minimum absolute atomic E-state index is 0.00236. The first-order chi connectivity index (χ1) is 13.2. The maximum atomic E-state index is 12.2. The van der Waals surface area contributed by atoms with Crippen LogP contribution in [0.3, 0.4) is 0 Å². The number of carbonyl (C=O) groups excluding carboxylic acids is 1. The first-order valence-electron chi connectivity index (χ1n) is 8.76. The van der Waals surface area contributed by atoms with Crippen molar-refractivity contribution in [2.45, 2.75) is 18.5 Å². The number of hydrogen-bond donors (Lipinski definition) is 2. The van der Waals surface area contributed by atoms with Crippen molar-refractivity contribution in [3.05, 3.63) is 60.7 Å². The van der Waals surface area contributed by atoms with E-state index in [-0.39, 0.29) is 18.1 Å². The number of nitrogens with one attached hydrogen (secondary N) is 2. The van der Waals surface area contributed by atoms with E-state index in [1.165, 1.54) is 0 Å². The highest BCUT2D eigenvalue weighted by Crippen LogP contribution is 2.30. The number of urea groups is 1. The highest BCUT2D eigenvalue weighted by Gasteiger charge is 2.35. The van der Waals surface area contributed by atoms with E-state index in [1.807, 2.05) is 49.5 Å². The summed E-state index contributed by atoms with van der Waals surface area (Å²) < 4.78 is 5.46. The van der Waals surface area contributed by atoms with Crippen LogP contribution in [0.25, 0.3) is 11.4 Å². The highest BCUT2D eigenvalue weighted by atomic mass is 16.5. The molecule has 0 spiro atoms. The standard InChI is InChI=1S/C19H20N6O2/c1-25-12-15(22-19(26)21-14-7-3-2-4-8-14)10-16(25)18-23-17(24-27-18)13-6-5-9-20-11-13/h2-9,11,15-16H,10,12H2,1H3,(H2,21,22,26)/t15-,16-/m0/s1. The topological polar surface area (TPSA) is 96.2 Å². The first-order valence-corrected chi connectivity index (χ1v) is 8.76. The molecule has 2 aromatic heterocycles. The van der Waals surface area contributed by atoms with E-state index in [1.54, 1.807) is 12.4 Å². The van der Waals surface area contributed by atoms with Crippen molar-refractivity contribution < 1.29 is 9.32 Å². The quantitative estimate of drug-likeness (QED) is 0.739. The molecular formula is C19H20N6O2. The average Bonchev–Trinajstić information content (AvgIpc) is 3.30. The van der Waals surface area contributed by atoms with E-state index >= 15 is 0 Å². The van der Waals surface area contributed by atoms with Crippen LogP contribution < -0.4 is 10.6 Å². The van der Waals surface area contributed by atoms with Crippen LogP contribution in [0.5, 0.6) is 0 Å². The normalized spacial score (nSPS) is 19.7. The molecule has 1 aliphatic heterocycles. The lowest BCUT2D eigenvalue weighted by atomic mass is 10.1. The maximum absolute atomic E-state index is 12.2.